The lowest BCUT2D eigenvalue weighted by molar-refractivity contribution is 0.112. The van der Waals surface area contributed by atoms with Crippen LogP contribution in [-0.2, 0) is 23.9 Å². The normalized spacial score (nSPS) is 11.9. The van der Waals surface area contributed by atoms with Gasteiger partial charge in [-0.05, 0) is 45.2 Å². The summed E-state index contributed by atoms with van der Waals surface area (Å²) in [7, 11) is 0. The van der Waals surface area contributed by atoms with E-state index in [2.05, 4.69) is 101 Å². The van der Waals surface area contributed by atoms with E-state index in [-0.39, 0.29) is 10.8 Å². The van der Waals surface area contributed by atoms with Crippen LogP contribution in [0, 0.1) is 0 Å². The fraction of sp³-hybridized carbons (Fsp3) is 0.345. The SMILES string of the molecule is CC(C)(C)c1ccc(CN(Cc2ccc(C(C)(C)C)cc2)c2cccc(C=O)c2)cc1. The molecule has 0 saturated heterocycles. The van der Waals surface area contributed by atoms with Crippen LogP contribution >= 0.6 is 0 Å². The molecule has 0 spiro atoms. The van der Waals surface area contributed by atoms with Crippen LogP contribution < -0.4 is 4.90 Å². The lowest BCUT2D eigenvalue weighted by atomic mass is 9.86. The number of aldehydes is 1. The van der Waals surface area contributed by atoms with Crippen LogP contribution in [0.5, 0.6) is 0 Å². The Bertz CT molecular complexity index is 943. The molecule has 0 fully saturated rings. The third-order valence-electron chi connectivity index (χ3n) is 5.76. The number of nitrogens with zero attached hydrogens (tertiary/aromatic N) is 1. The van der Waals surface area contributed by atoms with Crippen molar-refractivity contribution in [1.29, 1.82) is 0 Å². The highest BCUT2D eigenvalue weighted by molar-refractivity contribution is 5.77. The third-order valence-corrected chi connectivity index (χ3v) is 5.76. The van der Waals surface area contributed by atoms with Gasteiger partial charge in [0.2, 0.25) is 0 Å². The summed E-state index contributed by atoms with van der Waals surface area (Å²) in [6.45, 7) is 15.0. The highest BCUT2D eigenvalue weighted by Gasteiger charge is 2.16. The molecule has 3 aromatic carbocycles. The van der Waals surface area contributed by atoms with Gasteiger partial charge in [-0.25, -0.2) is 0 Å². The Kier molecular flexibility index (Phi) is 6.69. The quantitative estimate of drug-likeness (QED) is 0.395. The average Bonchev–Trinajstić information content (AvgIpc) is 2.73. The van der Waals surface area contributed by atoms with Crippen molar-refractivity contribution in [3.8, 4) is 0 Å². The lowest BCUT2D eigenvalue weighted by Crippen LogP contribution is -2.22. The second kappa shape index (κ2) is 9.09. The zero-order valence-electron chi connectivity index (χ0n) is 19.8. The second-order valence-electron chi connectivity index (χ2n) is 10.5. The highest BCUT2D eigenvalue weighted by Crippen LogP contribution is 2.26. The van der Waals surface area contributed by atoms with E-state index in [9.17, 15) is 4.79 Å². The first-order chi connectivity index (χ1) is 14.6. The van der Waals surface area contributed by atoms with E-state index in [0.717, 1.165) is 25.1 Å². The van der Waals surface area contributed by atoms with Crippen molar-refractivity contribution >= 4 is 12.0 Å². The Morgan fingerprint density at radius 2 is 1.13 bits per heavy atom. The Morgan fingerprint density at radius 1 is 0.677 bits per heavy atom. The Labute approximate surface area is 187 Å². The van der Waals surface area contributed by atoms with Gasteiger partial charge < -0.3 is 4.90 Å². The largest absolute Gasteiger partial charge is 0.363 e. The molecule has 0 bridgehead atoms. The molecule has 2 nitrogen and oxygen atoms in total. The molecule has 0 aliphatic rings. The number of benzene rings is 3. The average molecular weight is 414 g/mol. The molecule has 3 aromatic rings. The van der Waals surface area contributed by atoms with Gasteiger partial charge in [-0.3, -0.25) is 4.79 Å². The smallest absolute Gasteiger partial charge is 0.150 e. The molecule has 2 heteroatoms. The van der Waals surface area contributed by atoms with Gasteiger partial charge >= 0.3 is 0 Å². The van der Waals surface area contributed by atoms with Crippen molar-refractivity contribution in [2.24, 2.45) is 0 Å². The van der Waals surface area contributed by atoms with Gasteiger partial charge in [-0.2, -0.15) is 0 Å². The van der Waals surface area contributed by atoms with Crippen molar-refractivity contribution in [1.82, 2.24) is 0 Å². The Hall–Kier alpha value is -2.87. The summed E-state index contributed by atoms with van der Waals surface area (Å²) in [5, 5.41) is 0. The molecule has 162 valence electrons. The van der Waals surface area contributed by atoms with Gasteiger partial charge in [-0.1, -0.05) is 102 Å². The number of carbonyl (C=O) groups is 1. The van der Waals surface area contributed by atoms with Crippen LogP contribution in [0.2, 0.25) is 0 Å². The molecule has 0 N–H and O–H groups in total. The topological polar surface area (TPSA) is 20.3 Å². The summed E-state index contributed by atoms with van der Waals surface area (Å²) in [5.74, 6) is 0. The molecule has 0 heterocycles. The molecular weight excluding hydrogens is 378 g/mol. The highest BCUT2D eigenvalue weighted by atomic mass is 16.1. The third kappa shape index (κ3) is 6.07. The van der Waals surface area contributed by atoms with E-state index < -0.39 is 0 Å². The van der Waals surface area contributed by atoms with Crippen LogP contribution in [-0.4, -0.2) is 6.29 Å². The molecular formula is C29H35NO. The van der Waals surface area contributed by atoms with E-state index in [1.54, 1.807) is 0 Å². The zero-order chi connectivity index (χ0) is 22.6. The number of hydrogen-bond acceptors (Lipinski definition) is 2. The predicted octanol–water partition coefficient (Wildman–Crippen LogP) is 7.30. The maximum absolute atomic E-state index is 11.3. The maximum atomic E-state index is 11.3. The van der Waals surface area contributed by atoms with Crippen LogP contribution in [0.3, 0.4) is 0 Å². The van der Waals surface area contributed by atoms with Gasteiger partial charge in [-0.15, -0.1) is 0 Å². The van der Waals surface area contributed by atoms with Gasteiger partial charge in [0.05, 0.1) is 0 Å². The Morgan fingerprint density at radius 3 is 1.52 bits per heavy atom. The summed E-state index contributed by atoms with van der Waals surface area (Å²) in [5.41, 5.74) is 7.24. The molecule has 0 aliphatic heterocycles. The van der Waals surface area contributed by atoms with Crippen molar-refractivity contribution in [3.05, 3.63) is 101 Å². The van der Waals surface area contributed by atoms with Gasteiger partial charge in [0.25, 0.3) is 0 Å². The predicted molar refractivity (Wildman–Crippen MR) is 132 cm³/mol. The van der Waals surface area contributed by atoms with Crippen molar-refractivity contribution < 1.29 is 4.79 Å². The second-order valence-corrected chi connectivity index (χ2v) is 10.5. The fourth-order valence-electron chi connectivity index (χ4n) is 3.69. The first-order valence-electron chi connectivity index (χ1n) is 11.1. The first-order valence-corrected chi connectivity index (χ1v) is 11.1. The van der Waals surface area contributed by atoms with Crippen LogP contribution in [0.1, 0.15) is 74.2 Å². The van der Waals surface area contributed by atoms with Gasteiger partial charge in [0.15, 0.2) is 0 Å². The first kappa shape index (κ1) is 22.8. The van der Waals surface area contributed by atoms with Crippen molar-refractivity contribution in [3.63, 3.8) is 0 Å². The molecule has 0 amide bonds. The fourth-order valence-corrected chi connectivity index (χ4v) is 3.69. The number of hydrogen-bond donors (Lipinski definition) is 0. The lowest BCUT2D eigenvalue weighted by Gasteiger charge is -2.27. The summed E-state index contributed by atoms with van der Waals surface area (Å²) in [6.07, 6.45) is 0.915. The standard InChI is InChI=1S/C29H35NO/c1-28(2,3)25-14-10-22(11-15-25)19-30(27-9-7-8-24(18-27)21-31)20-23-12-16-26(17-13-23)29(4,5)6/h7-18,21H,19-20H2,1-6H3. The number of anilines is 1. The van der Waals surface area contributed by atoms with Crippen molar-refractivity contribution in [2.45, 2.75) is 65.5 Å². The molecule has 3 rings (SSSR count). The maximum Gasteiger partial charge on any atom is 0.150 e. The summed E-state index contributed by atoms with van der Waals surface area (Å²) in [4.78, 5) is 13.7. The van der Waals surface area contributed by atoms with Crippen molar-refractivity contribution in [2.75, 3.05) is 4.90 Å². The van der Waals surface area contributed by atoms with E-state index in [1.165, 1.54) is 22.3 Å². The molecule has 0 unspecified atom stereocenters. The summed E-state index contributed by atoms with van der Waals surface area (Å²) >= 11 is 0. The minimum Gasteiger partial charge on any atom is -0.363 e. The molecule has 0 aromatic heterocycles. The van der Waals surface area contributed by atoms with E-state index >= 15 is 0 Å². The number of rotatable bonds is 6. The van der Waals surface area contributed by atoms with E-state index in [0.29, 0.717) is 5.56 Å². The van der Waals surface area contributed by atoms with Crippen LogP contribution in [0.15, 0.2) is 72.8 Å². The minimum atomic E-state index is 0.144. The Balaban J connectivity index is 1.88. The van der Waals surface area contributed by atoms with Gasteiger partial charge in [0, 0.05) is 24.3 Å². The molecule has 0 atom stereocenters. The monoisotopic (exact) mass is 413 g/mol. The van der Waals surface area contributed by atoms with Crippen LogP contribution in [0.4, 0.5) is 5.69 Å². The molecule has 31 heavy (non-hydrogen) atoms. The van der Waals surface area contributed by atoms with Crippen LogP contribution in [0.25, 0.3) is 0 Å². The number of carbonyl (C=O) groups excluding carboxylic acids is 1. The molecule has 0 radical (unpaired) electrons. The van der Waals surface area contributed by atoms with E-state index in [1.807, 2.05) is 18.2 Å². The molecule has 0 aliphatic carbocycles. The summed E-state index contributed by atoms with van der Waals surface area (Å²) < 4.78 is 0. The van der Waals surface area contributed by atoms with Gasteiger partial charge in [0.1, 0.15) is 6.29 Å². The van der Waals surface area contributed by atoms with E-state index in [4.69, 9.17) is 0 Å². The summed E-state index contributed by atoms with van der Waals surface area (Å²) in [6, 6.07) is 25.7. The minimum absolute atomic E-state index is 0.144. The molecule has 0 saturated carbocycles. The zero-order valence-corrected chi connectivity index (χ0v) is 19.8.